The van der Waals surface area contributed by atoms with Gasteiger partial charge in [-0.3, -0.25) is 4.79 Å². The van der Waals surface area contributed by atoms with Crippen LogP contribution in [0.25, 0.3) is 22.0 Å². The quantitative estimate of drug-likeness (QED) is 0.266. The fraction of sp³-hybridized carbons (Fsp3) is 0.484. The Morgan fingerprint density at radius 1 is 1.03 bits per heavy atom. The molecule has 0 radical (unpaired) electrons. The summed E-state index contributed by atoms with van der Waals surface area (Å²) in [5, 5.41) is 1.93. The molecule has 190 valence electrons. The third-order valence-electron chi connectivity index (χ3n) is 9.70. The van der Waals surface area contributed by atoms with Gasteiger partial charge < -0.3 is 18.9 Å². The predicted molar refractivity (Wildman–Crippen MR) is 137 cm³/mol. The van der Waals surface area contributed by atoms with Gasteiger partial charge in [0.2, 0.25) is 12.5 Å². The summed E-state index contributed by atoms with van der Waals surface area (Å²) in [5.74, 6) is 5.09. The Hall–Kier alpha value is -3.28. The molecule has 0 saturated heterocycles. The van der Waals surface area contributed by atoms with Crippen LogP contribution in [0.15, 0.2) is 36.5 Å². The molecular weight excluding hydrogens is 466 g/mol. The molecule has 4 fully saturated rings. The van der Waals surface area contributed by atoms with Gasteiger partial charge >= 0.3 is 5.97 Å². The van der Waals surface area contributed by atoms with Crippen LogP contribution >= 0.6 is 0 Å². The lowest BCUT2D eigenvalue weighted by Crippen LogP contribution is -2.47. The number of aromatic nitrogens is 1. The molecule has 3 heterocycles. The summed E-state index contributed by atoms with van der Waals surface area (Å²) >= 11 is 0. The van der Waals surface area contributed by atoms with Crippen molar-refractivity contribution in [3.8, 4) is 34.3 Å². The summed E-state index contributed by atoms with van der Waals surface area (Å²) in [5.41, 5.74) is 3.70. The van der Waals surface area contributed by atoms with Crippen LogP contribution in [0.5, 0.6) is 23.0 Å². The van der Waals surface area contributed by atoms with Gasteiger partial charge in [0.1, 0.15) is 0 Å². The summed E-state index contributed by atoms with van der Waals surface area (Å²) in [4.78, 5) is 13.5. The molecule has 0 spiro atoms. The number of methoxy groups -OCH3 is 1. The Morgan fingerprint density at radius 2 is 1.76 bits per heavy atom. The zero-order valence-corrected chi connectivity index (χ0v) is 21.3. The molecule has 2 aliphatic heterocycles. The molecule has 4 bridgehead atoms. The van der Waals surface area contributed by atoms with Gasteiger partial charge in [0, 0.05) is 12.5 Å². The highest BCUT2D eigenvalue weighted by Crippen LogP contribution is 2.61. The molecule has 0 N–H and O–H groups in total. The van der Waals surface area contributed by atoms with Crippen LogP contribution in [0.4, 0.5) is 0 Å². The first-order valence-corrected chi connectivity index (χ1v) is 13.7. The molecule has 0 amide bonds. The minimum absolute atomic E-state index is 0.117. The first-order valence-electron chi connectivity index (χ1n) is 13.7. The van der Waals surface area contributed by atoms with E-state index in [1.807, 2.05) is 12.1 Å². The summed E-state index contributed by atoms with van der Waals surface area (Å²) in [6, 6.07) is 10.3. The fourth-order valence-corrected chi connectivity index (χ4v) is 8.63. The molecule has 3 aromatic rings. The van der Waals surface area contributed by atoms with Gasteiger partial charge in [0.25, 0.3) is 0 Å². The number of carbonyl (C=O) groups is 1. The first-order chi connectivity index (χ1) is 18.1. The van der Waals surface area contributed by atoms with E-state index in [-0.39, 0.29) is 18.2 Å². The van der Waals surface area contributed by atoms with E-state index in [0.29, 0.717) is 17.9 Å². The van der Waals surface area contributed by atoms with E-state index in [4.69, 9.17) is 18.9 Å². The van der Waals surface area contributed by atoms with Crippen molar-refractivity contribution in [1.82, 2.24) is 0 Å². The third-order valence-corrected chi connectivity index (χ3v) is 9.70. The number of pyridine rings is 1. The first kappa shape index (κ1) is 21.8. The van der Waals surface area contributed by atoms with Crippen molar-refractivity contribution in [2.45, 2.75) is 57.9 Å². The molecule has 4 aliphatic carbocycles. The number of hydrogen-bond donors (Lipinski definition) is 0. The Kier molecular flexibility index (Phi) is 4.62. The van der Waals surface area contributed by atoms with E-state index in [2.05, 4.69) is 29.0 Å². The molecule has 0 atom stereocenters. The maximum Gasteiger partial charge on any atom is 0.311 e. The maximum absolute atomic E-state index is 13.5. The Bertz CT molecular complexity index is 1420. The van der Waals surface area contributed by atoms with Gasteiger partial charge in [-0.25, -0.2) is 0 Å². The second-order valence-electron chi connectivity index (χ2n) is 12.1. The summed E-state index contributed by atoms with van der Waals surface area (Å²) in [6.07, 6.45) is 11.3. The van der Waals surface area contributed by atoms with Crippen LogP contribution in [0.2, 0.25) is 0 Å². The standard InChI is InChI=1S/C31H32NO5/c1-34-26-3-2-21-9-25-23-11-28-27(35-17-36-28)10-22(23)4-5-32(25)16-24(21)30(26)37-29(33)15-31-12-18-6-19(13-31)8-20(7-18)14-31/h2-3,9-11,16,18-20H,4-8,12-15,17H2,1H3/q+1. The molecule has 9 rings (SSSR count). The Balaban J connectivity index is 1.14. The summed E-state index contributed by atoms with van der Waals surface area (Å²) in [6.45, 7) is 1.11. The molecule has 6 heteroatoms. The van der Waals surface area contributed by atoms with Crippen molar-refractivity contribution in [1.29, 1.82) is 0 Å². The summed E-state index contributed by atoms with van der Waals surface area (Å²) in [7, 11) is 1.64. The van der Waals surface area contributed by atoms with Gasteiger partial charge in [0.15, 0.2) is 35.7 Å². The highest BCUT2D eigenvalue weighted by Gasteiger charge is 2.51. The molecule has 2 aromatic carbocycles. The zero-order chi connectivity index (χ0) is 24.7. The number of fused-ring (bicyclic) bond motifs is 5. The number of carbonyl (C=O) groups excluding carboxylic acids is 1. The predicted octanol–water partition coefficient (Wildman–Crippen LogP) is 5.60. The largest absolute Gasteiger partial charge is 0.493 e. The second-order valence-corrected chi connectivity index (χ2v) is 12.1. The fourth-order valence-electron chi connectivity index (χ4n) is 8.63. The highest BCUT2D eigenvalue weighted by atomic mass is 16.7. The minimum Gasteiger partial charge on any atom is -0.493 e. The van der Waals surface area contributed by atoms with Gasteiger partial charge in [-0.15, -0.1) is 0 Å². The van der Waals surface area contributed by atoms with Gasteiger partial charge in [-0.05, 0) is 96.9 Å². The van der Waals surface area contributed by atoms with Crippen LogP contribution in [0, 0.1) is 23.2 Å². The van der Waals surface area contributed by atoms with Crippen molar-refractivity contribution < 1.29 is 28.3 Å². The lowest BCUT2D eigenvalue weighted by Gasteiger charge is -2.56. The van der Waals surface area contributed by atoms with Crippen LogP contribution in [0.3, 0.4) is 0 Å². The molecule has 6 aliphatic rings. The van der Waals surface area contributed by atoms with Gasteiger partial charge in [-0.2, -0.15) is 4.57 Å². The van der Waals surface area contributed by atoms with Crippen LogP contribution in [-0.2, 0) is 17.8 Å². The van der Waals surface area contributed by atoms with Crippen molar-refractivity contribution in [2.24, 2.45) is 23.2 Å². The lowest BCUT2D eigenvalue weighted by molar-refractivity contribution is -0.686. The molecule has 4 saturated carbocycles. The van der Waals surface area contributed by atoms with Crippen molar-refractivity contribution >= 4 is 16.7 Å². The van der Waals surface area contributed by atoms with E-state index >= 15 is 0 Å². The van der Waals surface area contributed by atoms with Crippen molar-refractivity contribution in [2.75, 3.05) is 13.9 Å². The molecular formula is C31H32NO5+. The normalized spacial score (nSPS) is 28.2. The number of ether oxygens (including phenoxy) is 4. The number of rotatable bonds is 4. The molecule has 37 heavy (non-hydrogen) atoms. The van der Waals surface area contributed by atoms with Gasteiger partial charge in [-0.1, -0.05) is 0 Å². The number of aryl methyl sites for hydroxylation is 2. The van der Waals surface area contributed by atoms with Gasteiger partial charge in [0.05, 0.1) is 24.5 Å². The topological polar surface area (TPSA) is 57.9 Å². The number of esters is 1. The van der Waals surface area contributed by atoms with E-state index in [1.165, 1.54) is 44.1 Å². The molecule has 0 unspecified atom stereocenters. The maximum atomic E-state index is 13.5. The van der Waals surface area contributed by atoms with Crippen molar-refractivity contribution in [3.63, 3.8) is 0 Å². The van der Waals surface area contributed by atoms with E-state index in [1.54, 1.807) is 7.11 Å². The Morgan fingerprint density at radius 3 is 2.49 bits per heavy atom. The number of benzene rings is 2. The molecule has 6 nitrogen and oxygen atoms in total. The van der Waals surface area contributed by atoms with E-state index < -0.39 is 0 Å². The zero-order valence-electron chi connectivity index (χ0n) is 21.3. The monoisotopic (exact) mass is 498 g/mol. The van der Waals surface area contributed by atoms with Crippen LogP contribution in [0.1, 0.15) is 50.5 Å². The Labute approximate surface area is 216 Å². The smallest absolute Gasteiger partial charge is 0.311 e. The average molecular weight is 499 g/mol. The van der Waals surface area contributed by atoms with E-state index in [0.717, 1.165) is 64.2 Å². The number of hydrogen-bond acceptors (Lipinski definition) is 5. The second kappa shape index (κ2) is 7.86. The minimum atomic E-state index is -0.117. The third kappa shape index (κ3) is 3.44. The average Bonchev–Trinajstić information content (AvgIpc) is 3.33. The lowest BCUT2D eigenvalue weighted by atomic mass is 9.49. The van der Waals surface area contributed by atoms with Crippen LogP contribution < -0.4 is 23.5 Å². The SMILES string of the molecule is COc1ccc2cc3[n+](cc2c1OC(=O)CC12CC4CC(CC(C4)C1)C2)CCc1cc2c(cc1-3)OCO2. The highest BCUT2D eigenvalue weighted by molar-refractivity contribution is 5.93. The van der Waals surface area contributed by atoms with Crippen LogP contribution in [-0.4, -0.2) is 19.9 Å². The molecule has 1 aromatic heterocycles. The summed E-state index contributed by atoms with van der Waals surface area (Å²) < 4.78 is 25.4. The van der Waals surface area contributed by atoms with E-state index in [9.17, 15) is 4.79 Å². The van der Waals surface area contributed by atoms with Crippen molar-refractivity contribution in [3.05, 3.63) is 42.1 Å². The number of nitrogens with zero attached hydrogens (tertiary/aromatic N) is 1.